The second-order valence-corrected chi connectivity index (χ2v) is 3.09. The van der Waals surface area contributed by atoms with Crippen LogP contribution in [0.25, 0.3) is 0 Å². The number of aliphatic hydroxyl groups excluding tert-OH is 1. The second kappa shape index (κ2) is 4.50. The Morgan fingerprint density at radius 3 is 2.60 bits per heavy atom. The molecule has 0 spiro atoms. The highest BCUT2D eigenvalue weighted by atomic mass is 16.3. The number of benzene rings is 1. The maximum absolute atomic E-state index is 9.64. The summed E-state index contributed by atoms with van der Waals surface area (Å²) in [5.41, 5.74) is 1.57. The van der Waals surface area contributed by atoms with Crippen molar-refractivity contribution in [2.45, 2.75) is 6.10 Å². The lowest BCUT2D eigenvalue weighted by Crippen LogP contribution is -1.90. The summed E-state index contributed by atoms with van der Waals surface area (Å²) in [4.78, 5) is 0. The van der Waals surface area contributed by atoms with Crippen molar-refractivity contribution >= 4 is 0 Å². The molecule has 1 aromatic heterocycles. The summed E-state index contributed by atoms with van der Waals surface area (Å²) in [6.07, 6.45) is 2.22. The zero-order valence-corrected chi connectivity index (χ0v) is 8.05. The molecule has 0 saturated carbocycles. The monoisotopic (exact) mass is 198 g/mol. The summed E-state index contributed by atoms with van der Waals surface area (Å²) in [5.74, 6) is 5.64. The molecular formula is C13H10O2. The molecule has 2 aromatic rings. The van der Waals surface area contributed by atoms with Gasteiger partial charge >= 0.3 is 0 Å². The number of hydrogen-bond acceptors (Lipinski definition) is 2. The maximum Gasteiger partial charge on any atom is 0.143 e. The van der Waals surface area contributed by atoms with Crippen LogP contribution in [-0.2, 0) is 0 Å². The van der Waals surface area contributed by atoms with Crippen LogP contribution in [0.2, 0.25) is 0 Å². The van der Waals surface area contributed by atoms with Crippen LogP contribution < -0.4 is 0 Å². The van der Waals surface area contributed by atoms with E-state index >= 15 is 0 Å². The molecule has 0 aliphatic rings. The first-order valence-electron chi connectivity index (χ1n) is 4.63. The van der Waals surface area contributed by atoms with Gasteiger partial charge in [0.05, 0.1) is 12.5 Å². The maximum atomic E-state index is 9.64. The number of rotatable bonds is 1. The SMILES string of the molecule is O[C@H](C#Cc1ccccc1)c1ccoc1. The Bertz CT molecular complexity index is 460. The van der Waals surface area contributed by atoms with E-state index in [1.807, 2.05) is 30.3 Å². The Morgan fingerprint density at radius 2 is 1.93 bits per heavy atom. The molecule has 74 valence electrons. The van der Waals surface area contributed by atoms with E-state index in [4.69, 9.17) is 4.42 Å². The average molecular weight is 198 g/mol. The molecule has 0 unspecified atom stereocenters. The average Bonchev–Trinajstić information content (AvgIpc) is 2.81. The lowest BCUT2D eigenvalue weighted by atomic mass is 10.2. The number of aliphatic hydroxyl groups is 1. The van der Waals surface area contributed by atoms with E-state index in [-0.39, 0.29) is 0 Å². The molecule has 1 N–H and O–H groups in total. The third-order valence-corrected chi connectivity index (χ3v) is 1.99. The molecule has 0 saturated heterocycles. The first kappa shape index (κ1) is 9.57. The first-order valence-corrected chi connectivity index (χ1v) is 4.63. The van der Waals surface area contributed by atoms with Crippen LogP contribution in [0, 0.1) is 11.8 Å². The van der Waals surface area contributed by atoms with Crippen LogP contribution in [0.5, 0.6) is 0 Å². The van der Waals surface area contributed by atoms with E-state index in [9.17, 15) is 5.11 Å². The van der Waals surface area contributed by atoms with E-state index in [2.05, 4.69) is 11.8 Å². The summed E-state index contributed by atoms with van der Waals surface area (Å²) < 4.78 is 4.86. The van der Waals surface area contributed by atoms with Crippen LogP contribution in [0.4, 0.5) is 0 Å². The molecular weight excluding hydrogens is 188 g/mol. The molecule has 1 aromatic carbocycles. The van der Waals surface area contributed by atoms with Crippen molar-refractivity contribution in [1.82, 2.24) is 0 Å². The van der Waals surface area contributed by atoms with Gasteiger partial charge in [0, 0.05) is 11.1 Å². The molecule has 0 radical (unpaired) electrons. The van der Waals surface area contributed by atoms with E-state index in [0.717, 1.165) is 5.56 Å². The fourth-order valence-corrected chi connectivity index (χ4v) is 1.19. The van der Waals surface area contributed by atoms with Crippen LogP contribution in [0.3, 0.4) is 0 Å². The minimum Gasteiger partial charge on any atom is -0.472 e. The third-order valence-electron chi connectivity index (χ3n) is 1.99. The Morgan fingerprint density at radius 1 is 1.13 bits per heavy atom. The van der Waals surface area contributed by atoms with Gasteiger partial charge in [-0.1, -0.05) is 30.0 Å². The van der Waals surface area contributed by atoms with E-state index in [1.54, 1.807) is 6.07 Å². The summed E-state index contributed by atoms with van der Waals surface area (Å²) >= 11 is 0. The summed E-state index contributed by atoms with van der Waals surface area (Å²) in [6.45, 7) is 0. The molecule has 0 aliphatic carbocycles. The van der Waals surface area contributed by atoms with Crippen molar-refractivity contribution in [3.8, 4) is 11.8 Å². The summed E-state index contributed by atoms with van der Waals surface area (Å²) in [7, 11) is 0. The highest BCUT2D eigenvalue weighted by Crippen LogP contribution is 2.11. The quantitative estimate of drug-likeness (QED) is 0.713. The molecule has 0 fully saturated rings. The zero-order valence-electron chi connectivity index (χ0n) is 8.05. The molecule has 2 nitrogen and oxygen atoms in total. The third kappa shape index (κ3) is 2.49. The van der Waals surface area contributed by atoms with Crippen molar-refractivity contribution in [2.24, 2.45) is 0 Å². The zero-order chi connectivity index (χ0) is 10.5. The van der Waals surface area contributed by atoms with Crippen molar-refractivity contribution in [1.29, 1.82) is 0 Å². The number of hydrogen-bond donors (Lipinski definition) is 1. The van der Waals surface area contributed by atoms with Crippen molar-refractivity contribution in [2.75, 3.05) is 0 Å². The van der Waals surface area contributed by atoms with Gasteiger partial charge in [-0.2, -0.15) is 0 Å². The molecule has 1 heterocycles. The van der Waals surface area contributed by atoms with Crippen LogP contribution in [0.1, 0.15) is 17.2 Å². The molecule has 0 aliphatic heterocycles. The highest BCUT2D eigenvalue weighted by Gasteiger charge is 2.03. The lowest BCUT2D eigenvalue weighted by molar-refractivity contribution is 0.237. The minimum absolute atomic E-state index is 0.679. The summed E-state index contributed by atoms with van der Waals surface area (Å²) in [6, 6.07) is 11.2. The largest absolute Gasteiger partial charge is 0.472 e. The topological polar surface area (TPSA) is 33.4 Å². The highest BCUT2D eigenvalue weighted by molar-refractivity contribution is 5.35. The molecule has 0 bridgehead atoms. The fourth-order valence-electron chi connectivity index (χ4n) is 1.19. The van der Waals surface area contributed by atoms with Crippen LogP contribution >= 0.6 is 0 Å². The normalized spacial score (nSPS) is 11.5. The van der Waals surface area contributed by atoms with Gasteiger partial charge in [0.1, 0.15) is 6.10 Å². The minimum atomic E-state index is -0.788. The predicted molar refractivity (Wildman–Crippen MR) is 57.0 cm³/mol. The lowest BCUT2D eigenvalue weighted by Gasteiger charge is -1.96. The van der Waals surface area contributed by atoms with Crippen molar-refractivity contribution in [3.63, 3.8) is 0 Å². The van der Waals surface area contributed by atoms with Gasteiger partial charge in [0.25, 0.3) is 0 Å². The molecule has 2 rings (SSSR count). The van der Waals surface area contributed by atoms with Gasteiger partial charge in [-0.05, 0) is 18.2 Å². The molecule has 0 amide bonds. The standard InChI is InChI=1S/C13H10O2/c14-13(12-8-9-15-10-12)7-6-11-4-2-1-3-5-11/h1-5,8-10,13-14H/t13-/m1/s1. The first-order chi connectivity index (χ1) is 7.36. The molecule has 2 heteroatoms. The van der Waals surface area contributed by atoms with Crippen molar-refractivity contribution in [3.05, 3.63) is 60.1 Å². The van der Waals surface area contributed by atoms with E-state index in [0.29, 0.717) is 5.56 Å². The van der Waals surface area contributed by atoms with Gasteiger partial charge in [-0.25, -0.2) is 0 Å². The summed E-state index contributed by atoms with van der Waals surface area (Å²) in [5, 5.41) is 9.64. The Balaban J connectivity index is 2.13. The fraction of sp³-hybridized carbons (Fsp3) is 0.0769. The Kier molecular flexibility index (Phi) is 2.87. The smallest absolute Gasteiger partial charge is 0.143 e. The van der Waals surface area contributed by atoms with Gasteiger partial charge < -0.3 is 9.52 Å². The van der Waals surface area contributed by atoms with E-state index in [1.165, 1.54) is 12.5 Å². The second-order valence-electron chi connectivity index (χ2n) is 3.09. The van der Waals surface area contributed by atoms with Crippen LogP contribution in [0.15, 0.2) is 53.3 Å². The van der Waals surface area contributed by atoms with Gasteiger partial charge in [-0.15, -0.1) is 0 Å². The van der Waals surface area contributed by atoms with Gasteiger partial charge in [0.2, 0.25) is 0 Å². The van der Waals surface area contributed by atoms with Crippen LogP contribution in [-0.4, -0.2) is 5.11 Å². The molecule has 15 heavy (non-hydrogen) atoms. The van der Waals surface area contributed by atoms with Gasteiger partial charge in [-0.3, -0.25) is 0 Å². The van der Waals surface area contributed by atoms with Crippen molar-refractivity contribution < 1.29 is 9.52 Å². The van der Waals surface area contributed by atoms with E-state index < -0.39 is 6.10 Å². The predicted octanol–water partition coefficient (Wildman–Crippen LogP) is 2.36. The Hall–Kier alpha value is -1.98. The molecule has 1 atom stereocenters. The number of furan rings is 1. The van der Waals surface area contributed by atoms with Gasteiger partial charge in [0.15, 0.2) is 0 Å². The Labute approximate surface area is 88.2 Å².